The second-order valence-corrected chi connectivity index (χ2v) is 3.62. The van der Waals surface area contributed by atoms with Crippen LogP contribution in [0.4, 0.5) is 0 Å². The van der Waals surface area contributed by atoms with Gasteiger partial charge in [-0.3, -0.25) is 0 Å². The van der Waals surface area contributed by atoms with Crippen molar-refractivity contribution in [3.63, 3.8) is 0 Å². The number of carbonyl (C=O) groups is 2. The summed E-state index contributed by atoms with van der Waals surface area (Å²) in [4.78, 5) is 22.4. The summed E-state index contributed by atoms with van der Waals surface area (Å²) in [6.07, 6.45) is 1.17. The van der Waals surface area contributed by atoms with E-state index < -0.39 is 11.9 Å². The summed E-state index contributed by atoms with van der Waals surface area (Å²) in [5.41, 5.74) is 1.50. The van der Waals surface area contributed by atoms with Crippen molar-refractivity contribution < 1.29 is 23.8 Å². The quantitative estimate of drug-likeness (QED) is 0.806. The van der Waals surface area contributed by atoms with Crippen LogP contribution < -0.4 is 0 Å². The van der Waals surface area contributed by atoms with E-state index >= 15 is 0 Å². The number of rotatable bonds is 2. The monoisotopic (exact) mass is 234 g/mol. The third-order valence-corrected chi connectivity index (χ3v) is 2.51. The van der Waals surface area contributed by atoms with Gasteiger partial charge in [0.05, 0.1) is 12.7 Å². The average Bonchev–Trinajstić information content (AvgIpc) is 2.72. The van der Waals surface area contributed by atoms with Gasteiger partial charge in [-0.25, -0.2) is 9.59 Å². The molecule has 2 aromatic rings. The van der Waals surface area contributed by atoms with E-state index in [4.69, 9.17) is 9.52 Å². The molecule has 0 unspecified atom stereocenters. The molecule has 5 nitrogen and oxygen atoms in total. The molecular weight excluding hydrogens is 224 g/mol. The minimum Gasteiger partial charge on any atom is -0.478 e. The Morgan fingerprint density at radius 1 is 1.35 bits per heavy atom. The number of methoxy groups -OCH3 is 1. The number of hydrogen-bond acceptors (Lipinski definition) is 4. The number of aromatic carboxylic acids is 1. The molecule has 1 aromatic carbocycles. The Kier molecular flexibility index (Phi) is 2.59. The summed E-state index contributed by atoms with van der Waals surface area (Å²) >= 11 is 0. The van der Waals surface area contributed by atoms with E-state index in [1.807, 2.05) is 0 Å². The van der Waals surface area contributed by atoms with Crippen LogP contribution in [0.3, 0.4) is 0 Å². The molecule has 0 aliphatic carbocycles. The lowest BCUT2D eigenvalue weighted by Crippen LogP contribution is -2.02. The molecule has 0 radical (unpaired) electrons. The number of hydrogen-bond donors (Lipinski definition) is 1. The zero-order valence-electron chi connectivity index (χ0n) is 9.31. The number of ether oxygens (including phenoxy) is 1. The molecule has 1 N–H and O–H groups in total. The highest BCUT2D eigenvalue weighted by atomic mass is 16.5. The molecule has 0 amide bonds. The molecular formula is C12H10O5. The highest BCUT2D eigenvalue weighted by molar-refractivity contribution is 6.05. The third kappa shape index (κ3) is 1.75. The standard InChI is InChI=1S/C12H10O5/c1-6-3-7(12(15)16-2)4-8-9(11(13)14)5-17-10(6)8/h3-5H,1-2H3,(H,13,14). The van der Waals surface area contributed by atoms with Crippen LogP contribution in [0.15, 0.2) is 22.8 Å². The van der Waals surface area contributed by atoms with Gasteiger partial charge < -0.3 is 14.3 Å². The maximum atomic E-state index is 11.4. The summed E-state index contributed by atoms with van der Waals surface area (Å²) < 4.78 is 9.78. The smallest absolute Gasteiger partial charge is 0.339 e. The number of benzene rings is 1. The summed E-state index contributed by atoms with van der Waals surface area (Å²) in [6, 6.07) is 3.06. The summed E-state index contributed by atoms with van der Waals surface area (Å²) in [6.45, 7) is 1.74. The first-order chi connectivity index (χ1) is 8.04. The lowest BCUT2D eigenvalue weighted by Gasteiger charge is -2.02. The van der Waals surface area contributed by atoms with Crippen molar-refractivity contribution in [1.82, 2.24) is 0 Å². The summed E-state index contributed by atoms with van der Waals surface area (Å²) in [7, 11) is 1.27. The topological polar surface area (TPSA) is 76.7 Å². The number of esters is 1. The molecule has 2 rings (SSSR count). The van der Waals surface area contributed by atoms with Crippen LogP contribution in [0.25, 0.3) is 11.0 Å². The van der Waals surface area contributed by atoms with Gasteiger partial charge in [-0.15, -0.1) is 0 Å². The van der Waals surface area contributed by atoms with E-state index in [9.17, 15) is 9.59 Å². The first kappa shape index (κ1) is 11.2. The van der Waals surface area contributed by atoms with Gasteiger partial charge in [-0.05, 0) is 24.6 Å². The van der Waals surface area contributed by atoms with Gasteiger partial charge in [-0.1, -0.05) is 0 Å². The van der Waals surface area contributed by atoms with Gasteiger partial charge in [0.2, 0.25) is 0 Å². The lowest BCUT2D eigenvalue weighted by molar-refractivity contribution is 0.0599. The maximum absolute atomic E-state index is 11.4. The van der Waals surface area contributed by atoms with Gasteiger partial charge in [-0.2, -0.15) is 0 Å². The van der Waals surface area contributed by atoms with Crippen molar-refractivity contribution in [3.05, 3.63) is 35.1 Å². The van der Waals surface area contributed by atoms with E-state index in [1.165, 1.54) is 19.4 Å². The molecule has 0 aliphatic rings. The second-order valence-electron chi connectivity index (χ2n) is 3.62. The Labute approximate surface area is 96.6 Å². The van der Waals surface area contributed by atoms with Crippen molar-refractivity contribution in [2.75, 3.05) is 7.11 Å². The van der Waals surface area contributed by atoms with E-state index in [0.29, 0.717) is 22.1 Å². The van der Waals surface area contributed by atoms with Gasteiger partial charge >= 0.3 is 11.9 Å². The van der Waals surface area contributed by atoms with Crippen LogP contribution in [0.1, 0.15) is 26.3 Å². The van der Waals surface area contributed by atoms with Crippen molar-refractivity contribution in [1.29, 1.82) is 0 Å². The van der Waals surface area contributed by atoms with Gasteiger partial charge in [0.1, 0.15) is 17.4 Å². The Balaban J connectivity index is 2.73. The normalized spacial score (nSPS) is 10.5. The number of furan rings is 1. The minimum absolute atomic E-state index is 0.0360. The molecule has 5 heteroatoms. The second kappa shape index (κ2) is 3.93. The van der Waals surface area contributed by atoms with Crippen molar-refractivity contribution in [3.8, 4) is 0 Å². The van der Waals surface area contributed by atoms with Crippen LogP contribution in [-0.4, -0.2) is 24.2 Å². The predicted molar refractivity (Wildman–Crippen MR) is 59.2 cm³/mol. The molecule has 0 bridgehead atoms. The molecule has 17 heavy (non-hydrogen) atoms. The molecule has 0 aliphatic heterocycles. The molecule has 1 aromatic heterocycles. The fourth-order valence-electron chi connectivity index (χ4n) is 1.71. The first-order valence-corrected chi connectivity index (χ1v) is 4.88. The number of aryl methyl sites for hydroxylation is 1. The van der Waals surface area contributed by atoms with Crippen LogP contribution in [0.5, 0.6) is 0 Å². The van der Waals surface area contributed by atoms with Crippen LogP contribution >= 0.6 is 0 Å². The third-order valence-electron chi connectivity index (χ3n) is 2.51. The molecule has 1 heterocycles. The molecule has 0 atom stereocenters. The molecule has 0 saturated carbocycles. The van der Waals surface area contributed by atoms with Crippen LogP contribution in [-0.2, 0) is 4.74 Å². The van der Waals surface area contributed by atoms with E-state index in [2.05, 4.69) is 4.74 Å². The van der Waals surface area contributed by atoms with E-state index in [0.717, 1.165) is 0 Å². The SMILES string of the molecule is COC(=O)c1cc(C)c2occ(C(=O)O)c2c1. The Morgan fingerprint density at radius 3 is 2.65 bits per heavy atom. The number of carboxylic acids is 1. The Morgan fingerprint density at radius 2 is 2.06 bits per heavy atom. The Bertz CT molecular complexity index is 609. The van der Waals surface area contributed by atoms with Gasteiger partial charge in [0.15, 0.2) is 0 Å². The van der Waals surface area contributed by atoms with Crippen LogP contribution in [0.2, 0.25) is 0 Å². The maximum Gasteiger partial charge on any atom is 0.339 e. The molecule has 88 valence electrons. The average molecular weight is 234 g/mol. The zero-order valence-corrected chi connectivity index (χ0v) is 9.31. The Hall–Kier alpha value is -2.30. The number of carboxylic acid groups (broad SMARTS) is 1. The fraction of sp³-hybridized carbons (Fsp3) is 0.167. The summed E-state index contributed by atoms with van der Waals surface area (Å²) in [5, 5.41) is 9.37. The van der Waals surface area contributed by atoms with Crippen molar-refractivity contribution >= 4 is 22.9 Å². The molecule has 0 saturated heterocycles. The molecule has 0 fully saturated rings. The highest BCUT2D eigenvalue weighted by Crippen LogP contribution is 2.26. The fourth-order valence-corrected chi connectivity index (χ4v) is 1.71. The first-order valence-electron chi connectivity index (χ1n) is 4.88. The van der Waals surface area contributed by atoms with Crippen molar-refractivity contribution in [2.45, 2.75) is 6.92 Å². The van der Waals surface area contributed by atoms with Crippen LogP contribution in [0, 0.1) is 6.92 Å². The predicted octanol–water partition coefficient (Wildman–Crippen LogP) is 2.23. The molecule has 0 spiro atoms. The van der Waals surface area contributed by atoms with E-state index in [1.54, 1.807) is 13.0 Å². The summed E-state index contributed by atoms with van der Waals surface area (Å²) in [5.74, 6) is -1.60. The minimum atomic E-state index is -1.09. The number of carbonyl (C=O) groups excluding carboxylic acids is 1. The van der Waals surface area contributed by atoms with E-state index in [-0.39, 0.29) is 5.56 Å². The van der Waals surface area contributed by atoms with Crippen molar-refractivity contribution in [2.24, 2.45) is 0 Å². The highest BCUT2D eigenvalue weighted by Gasteiger charge is 2.17. The lowest BCUT2D eigenvalue weighted by atomic mass is 10.1. The number of fused-ring (bicyclic) bond motifs is 1. The van der Waals surface area contributed by atoms with Gasteiger partial charge in [0, 0.05) is 5.39 Å². The zero-order chi connectivity index (χ0) is 12.6. The largest absolute Gasteiger partial charge is 0.478 e. The van der Waals surface area contributed by atoms with Gasteiger partial charge in [0.25, 0.3) is 0 Å².